The van der Waals surface area contributed by atoms with Gasteiger partial charge in [0.2, 0.25) is 11.8 Å². The zero-order chi connectivity index (χ0) is 18.7. The van der Waals surface area contributed by atoms with Crippen LogP contribution in [0.4, 0.5) is 5.69 Å². The number of methoxy groups -OCH3 is 2. The van der Waals surface area contributed by atoms with Gasteiger partial charge in [0.05, 0.1) is 26.2 Å². The van der Waals surface area contributed by atoms with Gasteiger partial charge in [-0.05, 0) is 24.1 Å². The number of amides is 2. The van der Waals surface area contributed by atoms with Crippen LogP contribution < -0.4 is 20.1 Å². The van der Waals surface area contributed by atoms with E-state index in [1.807, 2.05) is 37.3 Å². The van der Waals surface area contributed by atoms with Crippen molar-refractivity contribution in [2.24, 2.45) is 0 Å². The second-order valence-electron chi connectivity index (χ2n) is 6.24. The average Bonchev–Trinajstić information content (AvgIpc) is 2.66. The lowest BCUT2D eigenvalue weighted by Gasteiger charge is -2.27. The van der Waals surface area contributed by atoms with E-state index in [4.69, 9.17) is 9.47 Å². The van der Waals surface area contributed by atoms with Gasteiger partial charge >= 0.3 is 0 Å². The Hall–Kier alpha value is -3.02. The molecule has 2 amide bonds. The van der Waals surface area contributed by atoms with Crippen molar-refractivity contribution in [3.05, 3.63) is 53.6 Å². The first-order valence-corrected chi connectivity index (χ1v) is 8.44. The van der Waals surface area contributed by atoms with Crippen LogP contribution in [0, 0.1) is 0 Å². The molecule has 26 heavy (non-hydrogen) atoms. The topological polar surface area (TPSA) is 76.7 Å². The number of rotatable bonds is 5. The summed E-state index contributed by atoms with van der Waals surface area (Å²) >= 11 is 0. The monoisotopic (exact) mass is 354 g/mol. The van der Waals surface area contributed by atoms with Gasteiger partial charge in [-0.15, -0.1) is 0 Å². The first-order chi connectivity index (χ1) is 12.5. The molecule has 1 aliphatic rings. The molecule has 0 aromatic heterocycles. The van der Waals surface area contributed by atoms with Crippen LogP contribution in [0.2, 0.25) is 0 Å². The Morgan fingerprint density at radius 1 is 1.15 bits per heavy atom. The van der Waals surface area contributed by atoms with Gasteiger partial charge in [-0.1, -0.05) is 30.3 Å². The van der Waals surface area contributed by atoms with Crippen LogP contribution in [0.5, 0.6) is 11.5 Å². The highest BCUT2D eigenvalue weighted by molar-refractivity contribution is 6.01. The number of carbonyl (C=O) groups is 2. The van der Waals surface area contributed by atoms with Gasteiger partial charge in [0.1, 0.15) is 0 Å². The molecule has 2 aromatic rings. The normalized spacial score (nSPS) is 16.9. The number of anilines is 1. The van der Waals surface area contributed by atoms with Crippen molar-refractivity contribution >= 4 is 17.5 Å². The van der Waals surface area contributed by atoms with E-state index in [-0.39, 0.29) is 24.3 Å². The summed E-state index contributed by atoms with van der Waals surface area (Å²) in [5.41, 5.74) is 2.31. The van der Waals surface area contributed by atoms with Crippen molar-refractivity contribution in [3.8, 4) is 11.5 Å². The number of fused-ring (bicyclic) bond motifs is 1. The third-order valence-corrected chi connectivity index (χ3v) is 4.57. The molecule has 1 heterocycles. The second kappa shape index (κ2) is 7.47. The van der Waals surface area contributed by atoms with Crippen LogP contribution in [-0.4, -0.2) is 26.0 Å². The van der Waals surface area contributed by atoms with Crippen LogP contribution in [-0.2, 0) is 9.59 Å². The molecule has 0 fully saturated rings. The molecular weight excluding hydrogens is 332 g/mol. The fraction of sp³-hybridized carbons (Fsp3) is 0.300. The summed E-state index contributed by atoms with van der Waals surface area (Å²) in [4.78, 5) is 25.0. The van der Waals surface area contributed by atoms with Crippen LogP contribution in [0.15, 0.2) is 42.5 Å². The molecule has 1 aliphatic heterocycles. The highest BCUT2D eigenvalue weighted by atomic mass is 16.5. The standard InChI is InChI=1S/C20H22N2O4/c1-12(13-7-5-4-6-8-13)21-20(24)15-10-19(23)22-16-11-18(26-3)17(25-2)9-14(15)16/h4-9,11-12,15H,10H2,1-3H3,(H,21,24)(H,22,23)/t12-,15+/m0/s1. The van der Waals surface area contributed by atoms with Gasteiger partial charge in [-0.25, -0.2) is 0 Å². The molecule has 0 aliphatic carbocycles. The van der Waals surface area contributed by atoms with E-state index < -0.39 is 5.92 Å². The number of hydrogen-bond donors (Lipinski definition) is 2. The Bertz CT molecular complexity index is 820. The minimum Gasteiger partial charge on any atom is -0.493 e. The van der Waals surface area contributed by atoms with E-state index in [1.165, 1.54) is 14.2 Å². The van der Waals surface area contributed by atoms with E-state index in [9.17, 15) is 9.59 Å². The molecule has 2 aromatic carbocycles. The first-order valence-electron chi connectivity index (χ1n) is 8.44. The Labute approximate surface area is 152 Å². The fourth-order valence-corrected chi connectivity index (χ4v) is 3.16. The van der Waals surface area contributed by atoms with E-state index in [2.05, 4.69) is 10.6 Å². The third kappa shape index (κ3) is 3.49. The third-order valence-electron chi connectivity index (χ3n) is 4.57. The zero-order valence-corrected chi connectivity index (χ0v) is 15.0. The number of hydrogen-bond acceptors (Lipinski definition) is 4. The highest BCUT2D eigenvalue weighted by Crippen LogP contribution is 2.40. The van der Waals surface area contributed by atoms with Crippen LogP contribution in [0.3, 0.4) is 0 Å². The average molecular weight is 354 g/mol. The molecular formula is C20H22N2O4. The molecule has 0 spiro atoms. The molecule has 0 saturated carbocycles. The van der Waals surface area contributed by atoms with Crippen molar-refractivity contribution in [2.45, 2.75) is 25.3 Å². The van der Waals surface area contributed by atoms with E-state index in [0.717, 1.165) is 11.1 Å². The Morgan fingerprint density at radius 2 is 1.81 bits per heavy atom. The quantitative estimate of drug-likeness (QED) is 0.865. The minimum absolute atomic E-state index is 0.0931. The van der Waals surface area contributed by atoms with Gasteiger partial charge < -0.3 is 20.1 Å². The van der Waals surface area contributed by atoms with Crippen LogP contribution in [0.25, 0.3) is 0 Å². The summed E-state index contributed by atoms with van der Waals surface area (Å²) in [5, 5.41) is 5.80. The second-order valence-corrected chi connectivity index (χ2v) is 6.24. The summed E-state index contributed by atoms with van der Waals surface area (Å²) in [6, 6.07) is 13.0. The SMILES string of the molecule is COc1cc2c(cc1OC)[C@H](C(=O)N[C@@H](C)c1ccccc1)CC(=O)N2. The summed E-state index contributed by atoms with van der Waals surface area (Å²) in [6.45, 7) is 1.92. The zero-order valence-electron chi connectivity index (χ0n) is 15.0. The van der Waals surface area contributed by atoms with Crippen molar-refractivity contribution in [3.63, 3.8) is 0 Å². The lowest BCUT2D eigenvalue weighted by atomic mass is 9.89. The predicted octanol–water partition coefficient (Wildman–Crippen LogP) is 3.01. The molecule has 0 bridgehead atoms. The lowest BCUT2D eigenvalue weighted by Crippen LogP contribution is -2.36. The Morgan fingerprint density at radius 3 is 2.46 bits per heavy atom. The number of benzene rings is 2. The van der Waals surface area contributed by atoms with E-state index >= 15 is 0 Å². The molecule has 6 heteroatoms. The van der Waals surface area contributed by atoms with E-state index in [0.29, 0.717) is 17.2 Å². The van der Waals surface area contributed by atoms with Crippen molar-refractivity contribution in [2.75, 3.05) is 19.5 Å². The number of nitrogens with one attached hydrogen (secondary N) is 2. The smallest absolute Gasteiger partial charge is 0.228 e. The van der Waals surface area contributed by atoms with Crippen LogP contribution in [0.1, 0.15) is 36.4 Å². The lowest BCUT2D eigenvalue weighted by molar-refractivity contribution is -0.126. The highest BCUT2D eigenvalue weighted by Gasteiger charge is 2.32. The van der Waals surface area contributed by atoms with Crippen molar-refractivity contribution in [1.29, 1.82) is 0 Å². The maximum Gasteiger partial charge on any atom is 0.228 e. The Balaban J connectivity index is 1.89. The summed E-state index contributed by atoms with van der Waals surface area (Å²) in [6.07, 6.45) is 0.0931. The summed E-state index contributed by atoms with van der Waals surface area (Å²) in [7, 11) is 3.07. The molecule has 2 atom stereocenters. The van der Waals surface area contributed by atoms with E-state index in [1.54, 1.807) is 12.1 Å². The number of carbonyl (C=O) groups excluding carboxylic acids is 2. The van der Waals surface area contributed by atoms with Gasteiger partial charge in [-0.2, -0.15) is 0 Å². The van der Waals surface area contributed by atoms with Crippen molar-refractivity contribution in [1.82, 2.24) is 5.32 Å². The first kappa shape index (κ1) is 17.8. The van der Waals surface area contributed by atoms with Crippen LogP contribution >= 0.6 is 0 Å². The van der Waals surface area contributed by atoms with Gasteiger partial charge in [0.15, 0.2) is 11.5 Å². The Kier molecular flexibility index (Phi) is 5.11. The summed E-state index contributed by atoms with van der Waals surface area (Å²) < 4.78 is 10.6. The minimum atomic E-state index is -0.579. The molecule has 136 valence electrons. The molecule has 2 N–H and O–H groups in total. The maximum atomic E-state index is 12.9. The maximum absolute atomic E-state index is 12.9. The number of ether oxygens (including phenoxy) is 2. The van der Waals surface area contributed by atoms with Crippen molar-refractivity contribution < 1.29 is 19.1 Å². The van der Waals surface area contributed by atoms with Gasteiger partial charge in [0.25, 0.3) is 0 Å². The largest absolute Gasteiger partial charge is 0.493 e. The molecule has 0 radical (unpaired) electrons. The predicted molar refractivity (Wildman–Crippen MR) is 98.5 cm³/mol. The van der Waals surface area contributed by atoms with Gasteiger partial charge in [0, 0.05) is 18.2 Å². The fourth-order valence-electron chi connectivity index (χ4n) is 3.16. The molecule has 6 nitrogen and oxygen atoms in total. The molecule has 0 saturated heterocycles. The molecule has 3 rings (SSSR count). The summed E-state index contributed by atoms with van der Waals surface area (Å²) in [5.74, 6) is 0.0631. The molecule has 0 unspecified atom stereocenters. The van der Waals surface area contributed by atoms with Gasteiger partial charge in [-0.3, -0.25) is 9.59 Å².